The van der Waals surface area contributed by atoms with Crippen molar-refractivity contribution < 1.29 is 24.2 Å². The van der Waals surface area contributed by atoms with Gasteiger partial charge in [-0.25, -0.2) is 0 Å². The summed E-state index contributed by atoms with van der Waals surface area (Å²) >= 11 is 0. The summed E-state index contributed by atoms with van der Waals surface area (Å²) in [5, 5.41) is 9.65. The maximum Gasteiger partial charge on any atom is 0.306 e. The fourth-order valence-corrected chi connectivity index (χ4v) is 8.01. The lowest BCUT2D eigenvalue weighted by Crippen LogP contribution is -2.28. The largest absolute Gasteiger partial charge is 0.462 e. The second kappa shape index (κ2) is 56.4. The summed E-state index contributed by atoms with van der Waals surface area (Å²) in [4.78, 5) is 24.5. The lowest BCUT2D eigenvalue weighted by atomic mass is 10.0. The molecule has 0 bridgehead atoms. The predicted molar refractivity (Wildman–Crippen MR) is 288 cm³/mol. The van der Waals surface area contributed by atoms with E-state index in [1.54, 1.807) is 0 Å². The average molecular weight is 920 g/mol. The van der Waals surface area contributed by atoms with Crippen LogP contribution < -0.4 is 0 Å². The molecule has 0 amide bonds. The van der Waals surface area contributed by atoms with Gasteiger partial charge in [0, 0.05) is 12.8 Å². The van der Waals surface area contributed by atoms with Crippen molar-refractivity contribution in [1.29, 1.82) is 0 Å². The molecular formula is C61H106O5. The standard InChI is InChI=1S/C61H106O5/c1-3-5-7-9-11-13-15-17-19-21-23-25-27-29-30-32-34-36-38-40-42-44-46-48-50-52-54-56-61(64)66-59(57-62)58-65-60(63)55-53-51-49-47-45-43-41-39-37-35-33-31-28-26-24-22-20-18-16-14-12-10-8-6-4-2/h5,7,11,13,17,19,23,25,29-30,34,36,40,42,59,62H,3-4,6,8-10,12,14-16,18,20-22,24,26-28,31-33,35,37-39,41,43-58H2,1-2H3/b7-5-,13-11-,19-17-,25-23-,30-29-,36-34-,42-40-. The minimum absolute atomic E-state index is 0.0753. The monoisotopic (exact) mass is 919 g/mol. The molecule has 0 rings (SSSR count). The summed E-state index contributed by atoms with van der Waals surface area (Å²) in [6, 6.07) is 0. The van der Waals surface area contributed by atoms with Crippen LogP contribution >= 0.6 is 0 Å². The molecule has 0 aromatic carbocycles. The molecule has 0 aliphatic heterocycles. The third kappa shape index (κ3) is 53.7. The van der Waals surface area contributed by atoms with Crippen LogP contribution in [-0.4, -0.2) is 36.4 Å². The molecule has 0 fully saturated rings. The number of carbonyl (C=O) groups excluding carboxylic acids is 2. The molecular weight excluding hydrogens is 813 g/mol. The molecule has 0 spiro atoms. The average Bonchev–Trinajstić information content (AvgIpc) is 3.32. The molecule has 0 aliphatic rings. The van der Waals surface area contributed by atoms with Crippen molar-refractivity contribution in [2.45, 2.75) is 277 Å². The number of hydrogen-bond donors (Lipinski definition) is 1. The molecule has 1 unspecified atom stereocenters. The van der Waals surface area contributed by atoms with E-state index in [2.05, 4.69) is 98.9 Å². The van der Waals surface area contributed by atoms with E-state index < -0.39 is 6.10 Å². The van der Waals surface area contributed by atoms with Gasteiger partial charge in [0.1, 0.15) is 6.61 Å². The van der Waals surface area contributed by atoms with Crippen LogP contribution in [0.1, 0.15) is 271 Å². The van der Waals surface area contributed by atoms with E-state index in [9.17, 15) is 14.7 Å². The highest BCUT2D eigenvalue weighted by Gasteiger charge is 2.16. The maximum absolute atomic E-state index is 12.3. The topological polar surface area (TPSA) is 72.8 Å². The van der Waals surface area contributed by atoms with E-state index >= 15 is 0 Å². The van der Waals surface area contributed by atoms with E-state index in [4.69, 9.17) is 9.47 Å². The number of aliphatic hydroxyl groups excluding tert-OH is 1. The van der Waals surface area contributed by atoms with Crippen LogP contribution in [0.4, 0.5) is 0 Å². The van der Waals surface area contributed by atoms with Gasteiger partial charge in [-0.1, -0.05) is 272 Å². The Morgan fingerprint density at radius 3 is 0.985 bits per heavy atom. The molecule has 0 aromatic rings. The Morgan fingerprint density at radius 1 is 0.364 bits per heavy atom. The third-order valence-corrected chi connectivity index (χ3v) is 12.2. The maximum atomic E-state index is 12.3. The van der Waals surface area contributed by atoms with Gasteiger partial charge >= 0.3 is 11.9 Å². The van der Waals surface area contributed by atoms with Crippen molar-refractivity contribution in [3.05, 3.63) is 85.1 Å². The predicted octanol–water partition coefficient (Wildman–Crippen LogP) is 19.0. The van der Waals surface area contributed by atoms with E-state index in [-0.39, 0.29) is 25.2 Å². The first-order valence-corrected chi connectivity index (χ1v) is 28.1. The van der Waals surface area contributed by atoms with E-state index in [1.807, 2.05) is 0 Å². The molecule has 1 N–H and O–H groups in total. The highest BCUT2D eigenvalue weighted by molar-refractivity contribution is 5.70. The first-order chi connectivity index (χ1) is 32.6. The fraction of sp³-hybridized carbons (Fsp3) is 0.738. The first kappa shape index (κ1) is 63.1. The van der Waals surface area contributed by atoms with Gasteiger partial charge in [-0.15, -0.1) is 0 Å². The van der Waals surface area contributed by atoms with Crippen LogP contribution in [0.3, 0.4) is 0 Å². The fourth-order valence-electron chi connectivity index (χ4n) is 8.01. The van der Waals surface area contributed by atoms with Crippen molar-refractivity contribution in [3.63, 3.8) is 0 Å². The van der Waals surface area contributed by atoms with Crippen LogP contribution in [-0.2, 0) is 19.1 Å². The molecule has 0 heterocycles. The second-order valence-electron chi connectivity index (χ2n) is 18.6. The molecule has 0 saturated carbocycles. The van der Waals surface area contributed by atoms with E-state index in [1.165, 1.54) is 141 Å². The SMILES string of the molecule is CC/C=C\C/C=C\C/C=C\C/C=C\C/C=C\C/C=C\C/C=C\CCCCCCCC(=O)OC(CO)COC(=O)CCCCCCCCCCCCCCCCCCCCCCCCCCC. The lowest BCUT2D eigenvalue weighted by Gasteiger charge is -2.15. The van der Waals surface area contributed by atoms with Crippen LogP contribution in [0.15, 0.2) is 85.1 Å². The highest BCUT2D eigenvalue weighted by atomic mass is 16.6. The van der Waals surface area contributed by atoms with E-state index in [0.717, 1.165) is 103 Å². The van der Waals surface area contributed by atoms with Gasteiger partial charge in [0.05, 0.1) is 6.61 Å². The minimum atomic E-state index is -0.787. The normalized spacial score (nSPS) is 12.8. The molecule has 5 nitrogen and oxygen atoms in total. The van der Waals surface area contributed by atoms with Crippen molar-refractivity contribution in [3.8, 4) is 0 Å². The Balaban J connectivity index is 3.54. The summed E-state index contributed by atoms with van der Waals surface area (Å²) in [6.45, 7) is 4.04. The van der Waals surface area contributed by atoms with E-state index in [0.29, 0.717) is 12.8 Å². The van der Waals surface area contributed by atoms with Crippen molar-refractivity contribution in [2.75, 3.05) is 13.2 Å². The van der Waals surface area contributed by atoms with Crippen LogP contribution in [0.25, 0.3) is 0 Å². The van der Waals surface area contributed by atoms with Gasteiger partial charge in [-0.05, 0) is 70.6 Å². The summed E-state index contributed by atoms with van der Waals surface area (Å²) < 4.78 is 10.7. The number of ether oxygens (including phenoxy) is 2. The molecule has 5 heteroatoms. The number of rotatable bonds is 51. The van der Waals surface area contributed by atoms with Gasteiger partial charge in [0.15, 0.2) is 6.10 Å². The Hall–Kier alpha value is -2.92. The Bertz CT molecular complexity index is 1220. The molecule has 380 valence electrons. The minimum Gasteiger partial charge on any atom is -0.462 e. The summed E-state index contributed by atoms with van der Waals surface area (Å²) in [5.41, 5.74) is 0. The molecule has 1 atom stereocenters. The van der Waals surface area contributed by atoms with Crippen LogP contribution in [0.5, 0.6) is 0 Å². The zero-order chi connectivity index (χ0) is 47.7. The van der Waals surface area contributed by atoms with Gasteiger partial charge in [0.25, 0.3) is 0 Å². The number of esters is 2. The Labute approximate surface area is 409 Å². The summed E-state index contributed by atoms with van der Waals surface area (Å²) in [6.07, 6.45) is 78.4. The smallest absolute Gasteiger partial charge is 0.306 e. The lowest BCUT2D eigenvalue weighted by molar-refractivity contribution is -0.161. The zero-order valence-electron chi connectivity index (χ0n) is 43.4. The van der Waals surface area contributed by atoms with Gasteiger partial charge in [-0.2, -0.15) is 0 Å². The highest BCUT2D eigenvalue weighted by Crippen LogP contribution is 2.17. The van der Waals surface area contributed by atoms with Crippen molar-refractivity contribution in [1.82, 2.24) is 0 Å². The van der Waals surface area contributed by atoms with Crippen LogP contribution in [0.2, 0.25) is 0 Å². The van der Waals surface area contributed by atoms with Crippen molar-refractivity contribution >= 4 is 11.9 Å². The number of unbranched alkanes of at least 4 members (excludes halogenated alkanes) is 29. The number of aliphatic hydroxyl groups is 1. The van der Waals surface area contributed by atoms with Gasteiger partial charge in [-0.3, -0.25) is 9.59 Å². The molecule has 0 aromatic heterocycles. The van der Waals surface area contributed by atoms with Crippen LogP contribution in [0, 0.1) is 0 Å². The number of allylic oxidation sites excluding steroid dienone is 14. The van der Waals surface area contributed by atoms with Crippen molar-refractivity contribution in [2.24, 2.45) is 0 Å². The number of hydrogen-bond acceptors (Lipinski definition) is 5. The van der Waals surface area contributed by atoms with Gasteiger partial charge < -0.3 is 14.6 Å². The molecule has 0 radical (unpaired) electrons. The molecule has 66 heavy (non-hydrogen) atoms. The Morgan fingerprint density at radius 2 is 0.652 bits per heavy atom. The first-order valence-electron chi connectivity index (χ1n) is 28.1. The quantitative estimate of drug-likeness (QED) is 0.0374. The van der Waals surface area contributed by atoms with Gasteiger partial charge in [0.2, 0.25) is 0 Å². The Kier molecular flexibility index (Phi) is 53.9. The molecule has 0 saturated heterocycles. The summed E-state index contributed by atoms with van der Waals surface area (Å²) in [7, 11) is 0. The molecule has 0 aliphatic carbocycles. The second-order valence-corrected chi connectivity index (χ2v) is 18.6. The third-order valence-electron chi connectivity index (χ3n) is 12.2. The zero-order valence-corrected chi connectivity index (χ0v) is 43.4. The summed E-state index contributed by atoms with van der Waals surface area (Å²) in [5.74, 6) is -0.607. The number of carbonyl (C=O) groups is 2.